The third-order valence-electron chi connectivity index (χ3n) is 3.01. The summed E-state index contributed by atoms with van der Waals surface area (Å²) < 4.78 is 4.96. The molecule has 0 aliphatic heterocycles. The van der Waals surface area contributed by atoms with E-state index in [9.17, 15) is 10.1 Å². The average Bonchev–Trinajstić information content (AvgIpc) is 2.46. The van der Waals surface area contributed by atoms with Crippen LogP contribution in [-0.4, -0.2) is 17.0 Å². The van der Waals surface area contributed by atoms with Crippen molar-refractivity contribution in [2.45, 2.75) is 13.5 Å². The fraction of sp³-hybridized carbons (Fsp3) is 0.214. The van der Waals surface area contributed by atoms with E-state index in [0.717, 1.165) is 11.1 Å². The van der Waals surface area contributed by atoms with E-state index in [1.165, 1.54) is 13.2 Å². The molecule has 20 heavy (non-hydrogen) atoms. The van der Waals surface area contributed by atoms with E-state index >= 15 is 0 Å². The largest absolute Gasteiger partial charge is 0.490 e. The van der Waals surface area contributed by atoms with E-state index in [1.807, 2.05) is 13.0 Å². The summed E-state index contributed by atoms with van der Waals surface area (Å²) >= 11 is 0. The Morgan fingerprint density at radius 1 is 1.40 bits per heavy atom. The van der Waals surface area contributed by atoms with Crippen molar-refractivity contribution in [3.63, 3.8) is 0 Å². The summed E-state index contributed by atoms with van der Waals surface area (Å²) in [5.74, 6) is 0.248. The Morgan fingerprint density at radius 2 is 2.20 bits per heavy atom. The van der Waals surface area contributed by atoms with Crippen LogP contribution in [0.4, 0.5) is 11.4 Å². The van der Waals surface area contributed by atoms with Gasteiger partial charge < -0.3 is 10.1 Å². The monoisotopic (exact) mass is 273 g/mol. The van der Waals surface area contributed by atoms with Crippen molar-refractivity contribution in [3.05, 3.63) is 57.9 Å². The molecule has 0 spiro atoms. The molecule has 0 saturated heterocycles. The first-order valence-electron chi connectivity index (χ1n) is 6.07. The summed E-state index contributed by atoms with van der Waals surface area (Å²) in [7, 11) is 1.41. The van der Waals surface area contributed by atoms with Crippen LogP contribution in [0.15, 0.2) is 36.7 Å². The van der Waals surface area contributed by atoms with Crippen LogP contribution in [0.25, 0.3) is 0 Å². The lowest BCUT2D eigenvalue weighted by atomic mass is 10.1. The van der Waals surface area contributed by atoms with Crippen LogP contribution in [0.3, 0.4) is 0 Å². The molecule has 0 radical (unpaired) electrons. The number of aromatic nitrogens is 1. The van der Waals surface area contributed by atoms with E-state index in [1.54, 1.807) is 24.5 Å². The number of aryl methyl sites for hydroxylation is 1. The second kappa shape index (κ2) is 6.01. The van der Waals surface area contributed by atoms with Gasteiger partial charge in [0, 0.05) is 30.7 Å². The van der Waals surface area contributed by atoms with Crippen molar-refractivity contribution in [1.29, 1.82) is 0 Å². The van der Waals surface area contributed by atoms with Crippen LogP contribution in [0.5, 0.6) is 5.75 Å². The maximum atomic E-state index is 10.9. The number of ether oxygens (including phenoxy) is 1. The number of hydrogen-bond donors (Lipinski definition) is 1. The van der Waals surface area contributed by atoms with Crippen molar-refractivity contribution < 1.29 is 9.66 Å². The minimum Gasteiger partial charge on any atom is -0.490 e. The molecule has 0 unspecified atom stereocenters. The third kappa shape index (κ3) is 3.03. The minimum absolute atomic E-state index is 0.0552. The quantitative estimate of drug-likeness (QED) is 0.669. The van der Waals surface area contributed by atoms with Gasteiger partial charge in [-0.2, -0.15) is 0 Å². The molecule has 0 aliphatic rings. The van der Waals surface area contributed by atoms with Gasteiger partial charge in [0.1, 0.15) is 0 Å². The van der Waals surface area contributed by atoms with E-state index in [2.05, 4.69) is 10.3 Å². The predicted molar refractivity (Wildman–Crippen MR) is 75.9 cm³/mol. The zero-order valence-corrected chi connectivity index (χ0v) is 11.3. The highest BCUT2D eigenvalue weighted by molar-refractivity contribution is 5.58. The van der Waals surface area contributed by atoms with Crippen LogP contribution in [-0.2, 0) is 6.54 Å². The van der Waals surface area contributed by atoms with E-state index in [4.69, 9.17) is 4.74 Å². The molecule has 0 bridgehead atoms. The standard InChI is InChI=1S/C14H15N3O3/c1-10-5-6-15-8-11(10)9-16-12-3-4-14(20-2)13(7-12)17(18)19/h3-8,16H,9H2,1-2H3. The van der Waals surface area contributed by atoms with Gasteiger partial charge in [-0.25, -0.2) is 0 Å². The summed E-state index contributed by atoms with van der Waals surface area (Å²) in [5, 5.41) is 14.1. The van der Waals surface area contributed by atoms with Crippen LogP contribution in [0, 0.1) is 17.0 Å². The molecular formula is C14H15N3O3. The summed E-state index contributed by atoms with van der Waals surface area (Å²) in [6.45, 7) is 2.55. The fourth-order valence-corrected chi connectivity index (χ4v) is 1.82. The Kier molecular flexibility index (Phi) is 4.14. The fourth-order valence-electron chi connectivity index (χ4n) is 1.82. The molecule has 1 aromatic carbocycles. The molecule has 104 valence electrons. The van der Waals surface area contributed by atoms with Crippen molar-refractivity contribution in [1.82, 2.24) is 4.98 Å². The summed E-state index contributed by atoms with van der Waals surface area (Å²) in [6, 6.07) is 6.71. The number of nitrogens with zero attached hydrogens (tertiary/aromatic N) is 2. The first-order chi connectivity index (χ1) is 9.61. The Labute approximate surface area is 116 Å². The van der Waals surface area contributed by atoms with E-state index < -0.39 is 4.92 Å². The normalized spacial score (nSPS) is 10.1. The Bertz CT molecular complexity index is 629. The zero-order valence-electron chi connectivity index (χ0n) is 11.3. The van der Waals surface area contributed by atoms with Crippen molar-refractivity contribution in [3.8, 4) is 5.75 Å². The van der Waals surface area contributed by atoms with Gasteiger partial charge in [0.25, 0.3) is 0 Å². The Morgan fingerprint density at radius 3 is 2.85 bits per heavy atom. The summed E-state index contributed by atoms with van der Waals surface area (Å²) in [4.78, 5) is 14.6. The van der Waals surface area contributed by atoms with Crippen molar-refractivity contribution in [2.24, 2.45) is 0 Å². The number of hydrogen-bond acceptors (Lipinski definition) is 5. The number of anilines is 1. The molecule has 6 heteroatoms. The lowest BCUT2D eigenvalue weighted by Crippen LogP contribution is -2.03. The molecule has 0 fully saturated rings. The maximum Gasteiger partial charge on any atom is 0.312 e. The third-order valence-corrected chi connectivity index (χ3v) is 3.01. The highest BCUT2D eigenvalue weighted by Gasteiger charge is 2.15. The SMILES string of the molecule is COc1ccc(NCc2cnccc2C)cc1[N+](=O)[O-]. The Balaban J connectivity index is 2.16. The molecule has 1 heterocycles. The molecular weight excluding hydrogens is 258 g/mol. The maximum absolute atomic E-state index is 10.9. The van der Waals surface area contributed by atoms with Crippen LogP contribution in [0.1, 0.15) is 11.1 Å². The van der Waals surface area contributed by atoms with Crippen molar-refractivity contribution >= 4 is 11.4 Å². The number of benzene rings is 1. The minimum atomic E-state index is -0.459. The van der Waals surface area contributed by atoms with Gasteiger partial charge in [-0.15, -0.1) is 0 Å². The van der Waals surface area contributed by atoms with E-state index in [0.29, 0.717) is 12.2 Å². The summed E-state index contributed by atoms with van der Waals surface area (Å²) in [6.07, 6.45) is 3.51. The molecule has 1 N–H and O–H groups in total. The zero-order chi connectivity index (χ0) is 14.5. The lowest BCUT2D eigenvalue weighted by molar-refractivity contribution is -0.385. The number of methoxy groups -OCH3 is 1. The molecule has 0 amide bonds. The first kappa shape index (κ1) is 13.8. The molecule has 2 rings (SSSR count). The second-order valence-electron chi connectivity index (χ2n) is 4.30. The number of nitro benzene ring substituents is 1. The van der Waals surface area contributed by atoms with Gasteiger partial charge in [-0.3, -0.25) is 15.1 Å². The summed E-state index contributed by atoms with van der Waals surface area (Å²) in [5.41, 5.74) is 2.78. The number of rotatable bonds is 5. The molecule has 0 aliphatic carbocycles. The highest BCUT2D eigenvalue weighted by Crippen LogP contribution is 2.29. The lowest BCUT2D eigenvalue weighted by Gasteiger charge is -2.09. The van der Waals surface area contributed by atoms with Gasteiger partial charge >= 0.3 is 5.69 Å². The van der Waals surface area contributed by atoms with Crippen LogP contribution in [0.2, 0.25) is 0 Å². The molecule has 0 atom stereocenters. The second-order valence-corrected chi connectivity index (χ2v) is 4.30. The van der Waals surface area contributed by atoms with Gasteiger partial charge in [-0.05, 0) is 36.2 Å². The van der Waals surface area contributed by atoms with Gasteiger partial charge in [0.15, 0.2) is 5.75 Å². The smallest absolute Gasteiger partial charge is 0.312 e. The number of nitrogens with one attached hydrogen (secondary N) is 1. The van der Waals surface area contributed by atoms with Gasteiger partial charge in [-0.1, -0.05) is 0 Å². The predicted octanol–water partition coefficient (Wildman–Crippen LogP) is 2.92. The van der Waals surface area contributed by atoms with Gasteiger partial charge in [0.2, 0.25) is 0 Å². The van der Waals surface area contributed by atoms with Crippen LogP contribution >= 0.6 is 0 Å². The molecule has 0 saturated carbocycles. The molecule has 6 nitrogen and oxygen atoms in total. The highest BCUT2D eigenvalue weighted by atomic mass is 16.6. The molecule has 1 aromatic heterocycles. The van der Waals surface area contributed by atoms with Crippen LogP contribution < -0.4 is 10.1 Å². The number of pyridine rings is 1. The average molecular weight is 273 g/mol. The van der Waals surface area contributed by atoms with E-state index in [-0.39, 0.29) is 11.4 Å². The first-order valence-corrected chi connectivity index (χ1v) is 6.07. The van der Waals surface area contributed by atoms with Crippen molar-refractivity contribution in [2.75, 3.05) is 12.4 Å². The molecule has 2 aromatic rings. The van der Waals surface area contributed by atoms with Gasteiger partial charge in [0.05, 0.1) is 12.0 Å². The Hall–Kier alpha value is -2.63. The topological polar surface area (TPSA) is 77.3 Å². The number of nitro groups is 1.